The fraction of sp³-hybridized carbons (Fsp3) is 0.600. The lowest BCUT2D eigenvalue weighted by atomic mass is 9.57. The van der Waals surface area contributed by atoms with Gasteiger partial charge < -0.3 is 5.32 Å². The second-order valence-electron chi connectivity index (χ2n) is 5.47. The standard InChI is InChI=1S/C15H21ClFN/c1-3-5-11-8-15(9-11,10-18-2)14-12(16)6-4-7-13(14)17/h4,6-7,11,18H,3,5,8-10H2,1-2H3. The third-order valence-electron chi connectivity index (χ3n) is 4.06. The van der Waals surface area contributed by atoms with Crippen molar-refractivity contribution >= 4 is 11.6 Å². The predicted octanol–water partition coefficient (Wildman–Crippen LogP) is 4.15. The quantitative estimate of drug-likeness (QED) is 0.847. The number of benzene rings is 1. The summed E-state index contributed by atoms with van der Waals surface area (Å²) < 4.78 is 14.1. The van der Waals surface area contributed by atoms with E-state index in [4.69, 9.17) is 11.6 Å². The molecule has 2 rings (SSSR count). The van der Waals surface area contributed by atoms with Crippen LogP contribution in [-0.4, -0.2) is 13.6 Å². The first kappa shape index (κ1) is 13.8. The molecule has 1 nitrogen and oxygen atoms in total. The van der Waals surface area contributed by atoms with Gasteiger partial charge in [-0.2, -0.15) is 0 Å². The van der Waals surface area contributed by atoms with Gasteiger partial charge in [0, 0.05) is 22.5 Å². The lowest BCUT2D eigenvalue weighted by Crippen LogP contribution is -2.48. The fourth-order valence-electron chi connectivity index (χ4n) is 3.44. The third kappa shape index (κ3) is 2.41. The Labute approximate surface area is 114 Å². The fourth-order valence-corrected chi connectivity index (χ4v) is 3.80. The van der Waals surface area contributed by atoms with Gasteiger partial charge in [0.25, 0.3) is 0 Å². The van der Waals surface area contributed by atoms with Gasteiger partial charge >= 0.3 is 0 Å². The molecule has 0 heterocycles. The molecule has 0 aliphatic heterocycles. The van der Waals surface area contributed by atoms with Gasteiger partial charge in [-0.15, -0.1) is 0 Å². The highest BCUT2D eigenvalue weighted by Gasteiger charge is 2.46. The Morgan fingerprint density at radius 2 is 2.17 bits per heavy atom. The summed E-state index contributed by atoms with van der Waals surface area (Å²) in [6.45, 7) is 3.00. The van der Waals surface area contributed by atoms with Crippen LogP contribution in [0.5, 0.6) is 0 Å². The Morgan fingerprint density at radius 1 is 1.44 bits per heavy atom. The first-order chi connectivity index (χ1) is 8.63. The molecule has 1 aliphatic rings. The summed E-state index contributed by atoms with van der Waals surface area (Å²) in [7, 11) is 1.92. The number of hydrogen-bond donors (Lipinski definition) is 1. The van der Waals surface area contributed by atoms with Crippen LogP contribution in [-0.2, 0) is 5.41 Å². The molecule has 1 aromatic carbocycles. The zero-order chi connectivity index (χ0) is 13.2. The highest BCUT2D eigenvalue weighted by atomic mass is 35.5. The van der Waals surface area contributed by atoms with E-state index in [0.717, 1.165) is 25.3 Å². The van der Waals surface area contributed by atoms with Crippen LogP contribution in [0.1, 0.15) is 38.2 Å². The van der Waals surface area contributed by atoms with Gasteiger partial charge in [-0.3, -0.25) is 0 Å². The topological polar surface area (TPSA) is 12.0 Å². The third-order valence-corrected chi connectivity index (χ3v) is 4.38. The molecule has 3 heteroatoms. The van der Waals surface area contributed by atoms with Gasteiger partial charge in [-0.05, 0) is 37.9 Å². The van der Waals surface area contributed by atoms with Crippen LogP contribution in [0, 0.1) is 11.7 Å². The first-order valence-corrected chi connectivity index (χ1v) is 7.10. The Bertz CT molecular complexity index is 393. The molecule has 0 bridgehead atoms. The summed E-state index contributed by atoms with van der Waals surface area (Å²) >= 11 is 6.22. The molecular weight excluding hydrogens is 249 g/mol. The second kappa shape index (κ2) is 5.58. The van der Waals surface area contributed by atoms with Crippen molar-refractivity contribution in [3.8, 4) is 0 Å². The normalized spacial score (nSPS) is 27.0. The van der Waals surface area contributed by atoms with E-state index in [1.54, 1.807) is 12.1 Å². The molecular formula is C15H21ClFN. The lowest BCUT2D eigenvalue weighted by Gasteiger charge is -2.49. The van der Waals surface area contributed by atoms with Gasteiger partial charge in [-0.1, -0.05) is 37.4 Å². The van der Waals surface area contributed by atoms with Crippen molar-refractivity contribution in [3.05, 3.63) is 34.6 Å². The molecule has 1 aliphatic carbocycles. The van der Waals surface area contributed by atoms with Crippen molar-refractivity contribution < 1.29 is 4.39 Å². The molecule has 0 atom stereocenters. The summed E-state index contributed by atoms with van der Waals surface area (Å²) in [5, 5.41) is 3.77. The van der Waals surface area contributed by atoms with Crippen LogP contribution < -0.4 is 5.32 Å². The molecule has 0 spiro atoms. The van der Waals surface area contributed by atoms with Crippen LogP contribution in [0.4, 0.5) is 4.39 Å². The van der Waals surface area contributed by atoms with E-state index in [-0.39, 0.29) is 11.2 Å². The minimum atomic E-state index is -0.160. The number of hydrogen-bond acceptors (Lipinski definition) is 1. The predicted molar refractivity (Wildman–Crippen MR) is 74.6 cm³/mol. The summed E-state index contributed by atoms with van der Waals surface area (Å²) in [4.78, 5) is 0. The highest BCUT2D eigenvalue weighted by Crippen LogP contribution is 2.51. The van der Waals surface area contributed by atoms with Crippen LogP contribution >= 0.6 is 11.6 Å². The van der Waals surface area contributed by atoms with Gasteiger partial charge in [0.2, 0.25) is 0 Å². The molecule has 0 amide bonds. The zero-order valence-corrected chi connectivity index (χ0v) is 11.9. The zero-order valence-electron chi connectivity index (χ0n) is 11.1. The first-order valence-electron chi connectivity index (χ1n) is 6.72. The lowest BCUT2D eigenvalue weighted by molar-refractivity contribution is 0.127. The van der Waals surface area contributed by atoms with Crippen LogP contribution in [0.3, 0.4) is 0 Å². The minimum Gasteiger partial charge on any atom is -0.319 e. The van der Waals surface area contributed by atoms with E-state index in [1.165, 1.54) is 18.9 Å². The van der Waals surface area contributed by atoms with Crippen molar-refractivity contribution in [1.82, 2.24) is 5.32 Å². The maximum atomic E-state index is 14.1. The van der Waals surface area contributed by atoms with Gasteiger partial charge in [-0.25, -0.2) is 4.39 Å². The van der Waals surface area contributed by atoms with E-state index in [1.807, 2.05) is 7.05 Å². The molecule has 1 saturated carbocycles. The summed E-state index contributed by atoms with van der Waals surface area (Å²) in [6, 6.07) is 4.99. The van der Waals surface area contributed by atoms with Gasteiger partial charge in [0.05, 0.1) is 0 Å². The average Bonchev–Trinajstić information content (AvgIpc) is 2.27. The number of rotatable bonds is 5. The van der Waals surface area contributed by atoms with Crippen LogP contribution in [0.15, 0.2) is 18.2 Å². The van der Waals surface area contributed by atoms with E-state index in [0.29, 0.717) is 10.6 Å². The Balaban J connectivity index is 2.27. The maximum Gasteiger partial charge on any atom is 0.128 e. The van der Waals surface area contributed by atoms with E-state index in [2.05, 4.69) is 12.2 Å². The Kier molecular flexibility index (Phi) is 4.29. The van der Waals surface area contributed by atoms with Crippen molar-refractivity contribution in [3.63, 3.8) is 0 Å². The second-order valence-corrected chi connectivity index (χ2v) is 5.88. The Hall–Kier alpha value is -0.600. The number of nitrogens with one attached hydrogen (secondary N) is 1. The van der Waals surface area contributed by atoms with Crippen LogP contribution in [0.2, 0.25) is 5.02 Å². The van der Waals surface area contributed by atoms with Crippen molar-refractivity contribution in [2.24, 2.45) is 5.92 Å². The van der Waals surface area contributed by atoms with Gasteiger partial charge in [0.1, 0.15) is 5.82 Å². The molecule has 1 aromatic rings. The van der Waals surface area contributed by atoms with E-state index >= 15 is 0 Å². The van der Waals surface area contributed by atoms with Gasteiger partial charge in [0.15, 0.2) is 0 Å². The number of likely N-dealkylation sites (N-methyl/N-ethyl adjacent to an activating group) is 1. The van der Waals surface area contributed by atoms with Crippen LogP contribution in [0.25, 0.3) is 0 Å². The largest absolute Gasteiger partial charge is 0.319 e. The van der Waals surface area contributed by atoms with E-state index < -0.39 is 0 Å². The molecule has 100 valence electrons. The molecule has 18 heavy (non-hydrogen) atoms. The summed E-state index contributed by atoms with van der Waals surface area (Å²) in [5.41, 5.74) is 0.616. The SMILES string of the molecule is CCCC1CC(CNC)(c2c(F)cccc2Cl)C1. The summed E-state index contributed by atoms with van der Waals surface area (Å²) in [5.74, 6) is 0.562. The smallest absolute Gasteiger partial charge is 0.128 e. The van der Waals surface area contributed by atoms with E-state index in [9.17, 15) is 4.39 Å². The van der Waals surface area contributed by atoms with Crippen molar-refractivity contribution in [2.75, 3.05) is 13.6 Å². The minimum absolute atomic E-state index is 0.100. The molecule has 1 fully saturated rings. The molecule has 0 radical (unpaired) electrons. The van der Waals surface area contributed by atoms with Crippen molar-refractivity contribution in [1.29, 1.82) is 0 Å². The monoisotopic (exact) mass is 269 g/mol. The molecule has 0 unspecified atom stereocenters. The Morgan fingerprint density at radius 3 is 2.72 bits per heavy atom. The highest BCUT2D eigenvalue weighted by molar-refractivity contribution is 6.31. The number of halogens is 2. The molecule has 0 aromatic heterocycles. The molecule has 0 saturated heterocycles. The average molecular weight is 270 g/mol. The molecule has 1 N–H and O–H groups in total. The van der Waals surface area contributed by atoms with Crippen molar-refractivity contribution in [2.45, 2.75) is 38.0 Å². The maximum absolute atomic E-state index is 14.1. The summed E-state index contributed by atoms with van der Waals surface area (Å²) in [6.07, 6.45) is 4.52.